The summed E-state index contributed by atoms with van der Waals surface area (Å²) in [6.07, 6.45) is 4.14. The van der Waals surface area contributed by atoms with E-state index in [9.17, 15) is 4.79 Å². The van der Waals surface area contributed by atoms with Crippen molar-refractivity contribution in [1.29, 1.82) is 0 Å². The second-order valence-electron chi connectivity index (χ2n) is 4.28. The highest BCUT2D eigenvalue weighted by Gasteiger charge is 2.22. The number of methoxy groups -OCH3 is 1. The van der Waals surface area contributed by atoms with E-state index >= 15 is 0 Å². The Bertz CT molecular complexity index is 194. The Morgan fingerprint density at radius 1 is 1.24 bits per heavy atom. The fourth-order valence-electron chi connectivity index (χ4n) is 1.98. The Labute approximate surface area is 114 Å². The minimum Gasteiger partial charge on any atom is -0.383 e. The average Bonchev–Trinajstić information content (AvgIpc) is 2.33. The van der Waals surface area contributed by atoms with E-state index in [0.29, 0.717) is 19.1 Å². The van der Waals surface area contributed by atoms with Gasteiger partial charge in [0.25, 0.3) is 0 Å². The van der Waals surface area contributed by atoms with E-state index in [1.165, 1.54) is 0 Å². The van der Waals surface area contributed by atoms with Crippen LogP contribution in [-0.4, -0.2) is 42.9 Å². The SMILES string of the molecule is CCCC(CCC)C(=O)N(CCBr)CCOC. The molecule has 0 aromatic carbocycles. The normalized spacial score (nSPS) is 10.9. The molecule has 17 heavy (non-hydrogen) atoms. The fourth-order valence-corrected chi connectivity index (χ4v) is 2.41. The first-order chi connectivity index (χ1) is 8.21. The van der Waals surface area contributed by atoms with E-state index in [1.807, 2.05) is 4.90 Å². The molecule has 1 amide bonds. The lowest BCUT2D eigenvalue weighted by Crippen LogP contribution is -2.39. The smallest absolute Gasteiger partial charge is 0.225 e. The first-order valence-electron chi connectivity index (χ1n) is 6.54. The molecule has 0 radical (unpaired) electrons. The van der Waals surface area contributed by atoms with Gasteiger partial charge >= 0.3 is 0 Å². The lowest BCUT2D eigenvalue weighted by atomic mass is 9.96. The predicted octanol–water partition coefficient (Wildman–Crippen LogP) is 3.07. The summed E-state index contributed by atoms with van der Waals surface area (Å²) < 4.78 is 5.06. The molecule has 0 aromatic rings. The summed E-state index contributed by atoms with van der Waals surface area (Å²) in [5.41, 5.74) is 0. The number of nitrogens with zero attached hydrogens (tertiary/aromatic N) is 1. The number of hydrogen-bond donors (Lipinski definition) is 0. The van der Waals surface area contributed by atoms with Gasteiger partial charge in [-0.3, -0.25) is 4.79 Å². The minimum absolute atomic E-state index is 0.195. The molecule has 3 nitrogen and oxygen atoms in total. The van der Waals surface area contributed by atoms with Crippen LogP contribution in [0.25, 0.3) is 0 Å². The highest BCUT2D eigenvalue weighted by molar-refractivity contribution is 9.09. The van der Waals surface area contributed by atoms with Crippen LogP contribution < -0.4 is 0 Å². The number of rotatable bonds is 10. The van der Waals surface area contributed by atoms with Gasteiger partial charge in [0, 0.05) is 31.4 Å². The van der Waals surface area contributed by atoms with Gasteiger partial charge in [-0.2, -0.15) is 0 Å². The van der Waals surface area contributed by atoms with Crippen LogP contribution in [0.3, 0.4) is 0 Å². The Hall–Kier alpha value is -0.0900. The number of halogens is 1. The molecular formula is C13H26BrNO2. The molecule has 0 rings (SSSR count). The Balaban J connectivity index is 4.40. The summed E-state index contributed by atoms with van der Waals surface area (Å²) in [6, 6.07) is 0. The number of alkyl halides is 1. The molecule has 4 heteroatoms. The maximum absolute atomic E-state index is 12.4. The van der Waals surface area contributed by atoms with Crippen LogP contribution in [0.5, 0.6) is 0 Å². The Morgan fingerprint density at radius 2 is 1.82 bits per heavy atom. The molecule has 0 aliphatic rings. The largest absolute Gasteiger partial charge is 0.383 e. The maximum Gasteiger partial charge on any atom is 0.225 e. The zero-order chi connectivity index (χ0) is 13.1. The van der Waals surface area contributed by atoms with Gasteiger partial charge in [-0.25, -0.2) is 0 Å². The summed E-state index contributed by atoms with van der Waals surface area (Å²) in [6.45, 7) is 6.36. The van der Waals surface area contributed by atoms with Crippen LogP contribution >= 0.6 is 15.9 Å². The van der Waals surface area contributed by atoms with E-state index in [0.717, 1.165) is 37.6 Å². The molecule has 0 saturated heterocycles. The fraction of sp³-hybridized carbons (Fsp3) is 0.923. The molecule has 0 aromatic heterocycles. The van der Waals surface area contributed by atoms with E-state index in [1.54, 1.807) is 7.11 Å². The number of amides is 1. The van der Waals surface area contributed by atoms with Crippen molar-refractivity contribution in [2.24, 2.45) is 5.92 Å². The van der Waals surface area contributed by atoms with Gasteiger partial charge in [-0.1, -0.05) is 42.6 Å². The zero-order valence-corrected chi connectivity index (χ0v) is 13.0. The first-order valence-corrected chi connectivity index (χ1v) is 7.67. The van der Waals surface area contributed by atoms with Crippen LogP contribution in [0, 0.1) is 5.92 Å². The van der Waals surface area contributed by atoms with Crippen molar-refractivity contribution in [2.75, 3.05) is 32.1 Å². The third kappa shape index (κ3) is 7.04. The van der Waals surface area contributed by atoms with Crippen LogP contribution in [0.2, 0.25) is 0 Å². The first kappa shape index (κ1) is 16.9. The molecule has 102 valence electrons. The summed E-state index contributed by atoms with van der Waals surface area (Å²) >= 11 is 3.40. The highest BCUT2D eigenvalue weighted by atomic mass is 79.9. The number of ether oxygens (including phenoxy) is 1. The van der Waals surface area contributed by atoms with Crippen LogP contribution in [0.1, 0.15) is 39.5 Å². The molecule has 0 aliphatic carbocycles. The molecular weight excluding hydrogens is 282 g/mol. The summed E-state index contributed by atoms with van der Waals surface area (Å²) in [7, 11) is 1.67. The topological polar surface area (TPSA) is 29.5 Å². The molecule has 0 unspecified atom stereocenters. The van der Waals surface area contributed by atoms with E-state index in [-0.39, 0.29) is 5.92 Å². The quantitative estimate of drug-likeness (QED) is 0.581. The maximum atomic E-state index is 12.4. The molecule has 0 saturated carbocycles. The average molecular weight is 308 g/mol. The number of carbonyl (C=O) groups excluding carboxylic acids is 1. The van der Waals surface area contributed by atoms with Crippen molar-refractivity contribution in [3.63, 3.8) is 0 Å². The van der Waals surface area contributed by atoms with E-state index in [2.05, 4.69) is 29.8 Å². The van der Waals surface area contributed by atoms with Gasteiger partial charge in [0.2, 0.25) is 5.91 Å². The molecule has 0 N–H and O–H groups in total. The Morgan fingerprint density at radius 3 is 2.24 bits per heavy atom. The predicted molar refractivity (Wildman–Crippen MR) is 75.6 cm³/mol. The van der Waals surface area contributed by atoms with Crippen molar-refractivity contribution in [1.82, 2.24) is 4.90 Å². The van der Waals surface area contributed by atoms with Gasteiger partial charge in [0.1, 0.15) is 0 Å². The monoisotopic (exact) mass is 307 g/mol. The molecule has 0 aliphatic heterocycles. The standard InChI is InChI=1S/C13H26BrNO2/c1-4-6-12(7-5-2)13(16)15(9-8-14)10-11-17-3/h12H,4-11H2,1-3H3. The summed E-state index contributed by atoms with van der Waals surface area (Å²) in [5.74, 6) is 0.492. The van der Waals surface area contributed by atoms with Crippen molar-refractivity contribution in [3.8, 4) is 0 Å². The van der Waals surface area contributed by atoms with Crippen molar-refractivity contribution < 1.29 is 9.53 Å². The third-order valence-electron chi connectivity index (χ3n) is 2.85. The van der Waals surface area contributed by atoms with Gasteiger partial charge in [0.15, 0.2) is 0 Å². The Kier molecular flexibility index (Phi) is 11.0. The third-order valence-corrected chi connectivity index (χ3v) is 3.21. The van der Waals surface area contributed by atoms with Crippen molar-refractivity contribution in [2.45, 2.75) is 39.5 Å². The molecule has 0 fully saturated rings. The molecule has 0 atom stereocenters. The van der Waals surface area contributed by atoms with Gasteiger partial charge < -0.3 is 9.64 Å². The van der Waals surface area contributed by atoms with E-state index in [4.69, 9.17) is 4.74 Å². The van der Waals surface area contributed by atoms with Crippen LogP contribution in [-0.2, 0) is 9.53 Å². The van der Waals surface area contributed by atoms with Crippen LogP contribution in [0.15, 0.2) is 0 Å². The van der Waals surface area contributed by atoms with Gasteiger partial charge in [-0.15, -0.1) is 0 Å². The lowest BCUT2D eigenvalue weighted by Gasteiger charge is -2.26. The molecule has 0 heterocycles. The minimum atomic E-state index is 0.195. The second-order valence-corrected chi connectivity index (χ2v) is 5.07. The van der Waals surface area contributed by atoms with E-state index < -0.39 is 0 Å². The van der Waals surface area contributed by atoms with Crippen LogP contribution in [0.4, 0.5) is 0 Å². The summed E-state index contributed by atoms with van der Waals surface area (Å²) in [5, 5.41) is 0.827. The van der Waals surface area contributed by atoms with Crippen molar-refractivity contribution in [3.05, 3.63) is 0 Å². The van der Waals surface area contributed by atoms with Gasteiger partial charge in [0.05, 0.1) is 6.61 Å². The van der Waals surface area contributed by atoms with Crippen molar-refractivity contribution >= 4 is 21.8 Å². The second kappa shape index (κ2) is 11.0. The van der Waals surface area contributed by atoms with Gasteiger partial charge in [-0.05, 0) is 12.8 Å². The zero-order valence-electron chi connectivity index (χ0n) is 11.4. The summed E-state index contributed by atoms with van der Waals surface area (Å²) in [4.78, 5) is 14.3. The highest BCUT2D eigenvalue weighted by Crippen LogP contribution is 2.16. The molecule has 0 spiro atoms. The number of carbonyl (C=O) groups is 1. The lowest BCUT2D eigenvalue weighted by molar-refractivity contribution is -0.136. The molecule has 0 bridgehead atoms. The number of hydrogen-bond acceptors (Lipinski definition) is 2.